The molecule has 2 aliphatic heterocycles. The smallest absolute Gasteiger partial charge is 0.251 e. The first-order chi connectivity index (χ1) is 13.5. The highest BCUT2D eigenvalue weighted by Crippen LogP contribution is 2.35. The Bertz CT molecular complexity index is 929. The lowest BCUT2D eigenvalue weighted by Crippen LogP contribution is -2.44. The molecule has 1 fully saturated rings. The summed E-state index contributed by atoms with van der Waals surface area (Å²) in [5.41, 5.74) is 2.83. The molecule has 2 aromatic carbocycles. The number of carbonyl (C=O) groups is 2. The van der Waals surface area contributed by atoms with E-state index in [0.29, 0.717) is 35.3 Å². The van der Waals surface area contributed by atoms with Gasteiger partial charge in [-0.3, -0.25) is 14.5 Å². The van der Waals surface area contributed by atoms with Crippen molar-refractivity contribution in [3.8, 4) is 11.5 Å². The second-order valence-electron chi connectivity index (χ2n) is 6.96. The molecule has 0 bridgehead atoms. The highest BCUT2D eigenvalue weighted by atomic mass is 35.5. The summed E-state index contributed by atoms with van der Waals surface area (Å²) < 4.78 is 10.8. The molecular formula is C21H21ClN2O4. The fourth-order valence-electron chi connectivity index (χ4n) is 3.93. The number of imide groups is 1. The Kier molecular flexibility index (Phi) is 5.00. The van der Waals surface area contributed by atoms with Crippen LogP contribution in [0.1, 0.15) is 17.5 Å². The molecule has 4 rings (SSSR count). The number of hydrogen-bond acceptors (Lipinski definition) is 5. The molecule has 1 saturated heterocycles. The number of benzene rings is 2. The predicted octanol–water partition coefficient (Wildman–Crippen LogP) is 3.05. The summed E-state index contributed by atoms with van der Waals surface area (Å²) in [4.78, 5) is 28.9. The first kappa shape index (κ1) is 18.8. The number of hydrogen-bond donors (Lipinski definition) is 0. The van der Waals surface area contributed by atoms with Gasteiger partial charge in [0.05, 0.1) is 32.4 Å². The Labute approximate surface area is 168 Å². The molecule has 146 valence electrons. The minimum Gasteiger partial charge on any atom is -0.493 e. The second-order valence-corrected chi connectivity index (χ2v) is 7.40. The van der Waals surface area contributed by atoms with Gasteiger partial charge in [-0.15, -0.1) is 0 Å². The molecule has 28 heavy (non-hydrogen) atoms. The van der Waals surface area contributed by atoms with Crippen molar-refractivity contribution >= 4 is 29.1 Å². The molecule has 1 atom stereocenters. The minimum absolute atomic E-state index is 0.184. The normalized spacial score (nSPS) is 19.7. The lowest BCUT2D eigenvalue weighted by Gasteiger charge is -2.32. The van der Waals surface area contributed by atoms with Crippen molar-refractivity contribution in [3.63, 3.8) is 0 Å². The molecule has 0 spiro atoms. The summed E-state index contributed by atoms with van der Waals surface area (Å²) in [5, 5.41) is 0.566. The predicted molar refractivity (Wildman–Crippen MR) is 106 cm³/mol. The van der Waals surface area contributed by atoms with E-state index in [-0.39, 0.29) is 18.2 Å². The number of methoxy groups -OCH3 is 2. The average Bonchev–Trinajstić information content (AvgIpc) is 3.01. The van der Waals surface area contributed by atoms with Crippen molar-refractivity contribution in [2.75, 3.05) is 25.7 Å². The minimum atomic E-state index is -0.454. The van der Waals surface area contributed by atoms with Crippen molar-refractivity contribution < 1.29 is 19.1 Å². The van der Waals surface area contributed by atoms with E-state index < -0.39 is 6.04 Å². The Morgan fingerprint density at radius 1 is 1.00 bits per heavy atom. The topological polar surface area (TPSA) is 59.1 Å². The number of nitrogens with zero attached hydrogens (tertiary/aromatic N) is 2. The fourth-order valence-corrected chi connectivity index (χ4v) is 4.06. The van der Waals surface area contributed by atoms with Gasteiger partial charge in [0, 0.05) is 18.1 Å². The van der Waals surface area contributed by atoms with E-state index in [1.54, 1.807) is 38.5 Å². The monoisotopic (exact) mass is 400 g/mol. The van der Waals surface area contributed by atoms with Crippen LogP contribution in [0.15, 0.2) is 36.4 Å². The maximum atomic E-state index is 13.0. The van der Waals surface area contributed by atoms with Gasteiger partial charge in [-0.05, 0) is 53.9 Å². The molecule has 0 aromatic heterocycles. The highest BCUT2D eigenvalue weighted by molar-refractivity contribution is 6.30. The van der Waals surface area contributed by atoms with Crippen LogP contribution in [0, 0.1) is 0 Å². The van der Waals surface area contributed by atoms with E-state index >= 15 is 0 Å². The molecular weight excluding hydrogens is 380 g/mol. The van der Waals surface area contributed by atoms with Gasteiger partial charge in [-0.25, -0.2) is 4.90 Å². The number of anilines is 1. The van der Waals surface area contributed by atoms with Gasteiger partial charge < -0.3 is 9.47 Å². The first-order valence-corrected chi connectivity index (χ1v) is 9.50. The zero-order chi connectivity index (χ0) is 19.8. The summed E-state index contributed by atoms with van der Waals surface area (Å²) in [7, 11) is 3.22. The zero-order valence-corrected chi connectivity index (χ0v) is 16.5. The fraction of sp³-hybridized carbons (Fsp3) is 0.333. The summed E-state index contributed by atoms with van der Waals surface area (Å²) in [6.45, 7) is 1.30. The van der Waals surface area contributed by atoms with E-state index in [4.69, 9.17) is 21.1 Å². The summed E-state index contributed by atoms with van der Waals surface area (Å²) in [6, 6.07) is 10.3. The van der Waals surface area contributed by atoms with Crippen molar-refractivity contribution in [2.45, 2.75) is 25.4 Å². The van der Waals surface area contributed by atoms with Crippen LogP contribution in [0.3, 0.4) is 0 Å². The van der Waals surface area contributed by atoms with Crippen molar-refractivity contribution in [1.29, 1.82) is 0 Å². The van der Waals surface area contributed by atoms with E-state index in [0.717, 1.165) is 12.0 Å². The highest BCUT2D eigenvalue weighted by Gasteiger charge is 2.43. The van der Waals surface area contributed by atoms with E-state index in [9.17, 15) is 9.59 Å². The van der Waals surface area contributed by atoms with Crippen LogP contribution in [0.4, 0.5) is 5.69 Å². The number of amides is 2. The van der Waals surface area contributed by atoms with Crippen LogP contribution in [0.25, 0.3) is 0 Å². The van der Waals surface area contributed by atoms with Crippen LogP contribution in [0.2, 0.25) is 5.02 Å². The Morgan fingerprint density at radius 3 is 2.29 bits per heavy atom. The first-order valence-electron chi connectivity index (χ1n) is 9.12. The van der Waals surface area contributed by atoms with E-state index in [1.165, 1.54) is 10.5 Å². The van der Waals surface area contributed by atoms with Gasteiger partial charge in [0.1, 0.15) is 0 Å². The maximum absolute atomic E-state index is 13.0. The lowest BCUT2D eigenvalue weighted by atomic mass is 9.97. The average molecular weight is 401 g/mol. The lowest BCUT2D eigenvalue weighted by molar-refractivity contribution is -0.123. The number of ether oxygens (including phenoxy) is 2. The van der Waals surface area contributed by atoms with Gasteiger partial charge in [0.15, 0.2) is 11.5 Å². The van der Waals surface area contributed by atoms with Crippen molar-refractivity contribution in [3.05, 3.63) is 52.5 Å². The Hall–Kier alpha value is -2.57. The third kappa shape index (κ3) is 3.23. The molecule has 2 aliphatic rings. The summed E-state index contributed by atoms with van der Waals surface area (Å²) in [5.74, 6) is 1.00. The maximum Gasteiger partial charge on any atom is 0.251 e. The molecule has 0 N–H and O–H groups in total. The van der Waals surface area contributed by atoms with Gasteiger partial charge in [-0.1, -0.05) is 11.6 Å². The SMILES string of the molecule is COc1cc2c(cc1OC)CN([C@@H]1CC(=O)N(c3ccc(Cl)cc3)C1=O)CC2. The van der Waals surface area contributed by atoms with Gasteiger partial charge in [-0.2, -0.15) is 0 Å². The molecule has 0 aliphatic carbocycles. The molecule has 2 amide bonds. The number of halogens is 1. The van der Waals surface area contributed by atoms with Crippen molar-refractivity contribution in [1.82, 2.24) is 4.90 Å². The molecule has 7 heteroatoms. The van der Waals surface area contributed by atoms with Crippen LogP contribution in [-0.2, 0) is 22.6 Å². The molecule has 0 radical (unpaired) electrons. The third-order valence-corrected chi connectivity index (χ3v) is 5.65. The second kappa shape index (κ2) is 7.45. The third-order valence-electron chi connectivity index (χ3n) is 5.40. The van der Waals surface area contributed by atoms with E-state index in [2.05, 4.69) is 4.90 Å². The number of rotatable bonds is 4. The Morgan fingerprint density at radius 2 is 1.64 bits per heavy atom. The largest absolute Gasteiger partial charge is 0.493 e. The van der Waals surface area contributed by atoms with E-state index in [1.807, 2.05) is 12.1 Å². The number of carbonyl (C=O) groups excluding carboxylic acids is 2. The standard InChI is InChI=1S/C21H21ClN2O4/c1-27-18-9-13-7-8-23(12-14(13)10-19(18)28-2)17-11-20(25)24(21(17)26)16-5-3-15(22)4-6-16/h3-6,9-10,17H,7-8,11-12H2,1-2H3/t17-/m1/s1. The summed E-state index contributed by atoms with van der Waals surface area (Å²) in [6.07, 6.45) is 0.971. The molecule has 0 saturated carbocycles. The zero-order valence-electron chi connectivity index (χ0n) is 15.8. The number of fused-ring (bicyclic) bond motifs is 1. The van der Waals surface area contributed by atoms with Gasteiger partial charge in [0.2, 0.25) is 5.91 Å². The molecule has 2 heterocycles. The molecule has 0 unspecified atom stereocenters. The Balaban J connectivity index is 1.57. The van der Waals surface area contributed by atoms with Crippen LogP contribution >= 0.6 is 11.6 Å². The van der Waals surface area contributed by atoms with Gasteiger partial charge in [0.25, 0.3) is 5.91 Å². The summed E-state index contributed by atoms with van der Waals surface area (Å²) >= 11 is 5.92. The van der Waals surface area contributed by atoms with Crippen LogP contribution in [0.5, 0.6) is 11.5 Å². The van der Waals surface area contributed by atoms with Crippen molar-refractivity contribution in [2.24, 2.45) is 0 Å². The van der Waals surface area contributed by atoms with Gasteiger partial charge >= 0.3 is 0 Å². The van der Waals surface area contributed by atoms with Crippen LogP contribution in [-0.4, -0.2) is 43.5 Å². The quantitative estimate of drug-likeness (QED) is 0.738. The molecule has 2 aromatic rings. The molecule has 6 nitrogen and oxygen atoms in total. The van der Waals surface area contributed by atoms with Crippen LogP contribution < -0.4 is 14.4 Å².